The highest BCUT2D eigenvalue weighted by molar-refractivity contribution is 5.70. The number of nitrogens with one attached hydrogen (secondary N) is 1. The second kappa shape index (κ2) is 7.32. The molecule has 4 nitrogen and oxygen atoms in total. The van der Waals surface area contributed by atoms with Crippen LogP contribution in [0.1, 0.15) is 48.3 Å². The Morgan fingerprint density at radius 2 is 2.08 bits per heavy atom. The molecule has 0 radical (unpaired) electrons. The Balaban J connectivity index is 1.82. The highest BCUT2D eigenvalue weighted by atomic mass is 16.5. The molecule has 1 aliphatic carbocycles. The molecule has 24 heavy (non-hydrogen) atoms. The Labute approximate surface area is 145 Å². The van der Waals surface area contributed by atoms with Gasteiger partial charge in [0.25, 0.3) is 0 Å². The van der Waals surface area contributed by atoms with Gasteiger partial charge < -0.3 is 19.7 Å². The molecule has 1 fully saturated rings. The molecule has 2 heterocycles. The van der Waals surface area contributed by atoms with Gasteiger partial charge >= 0.3 is 0 Å². The van der Waals surface area contributed by atoms with E-state index >= 15 is 0 Å². The smallest absolute Gasteiger partial charge is 0.143 e. The van der Waals surface area contributed by atoms with E-state index in [0.717, 1.165) is 63.9 Å². The van der Waals surface area contributed by atoms with E-state index in [9.17, 15) is 0 Å². The Morgan fingerprint density at radius 3 is 2.92 bits per heavy atom. The minimum Gasteiger partial charge on any atom is -0.490 e. The number of ether oxygens (including phenoxy) is 2. The minimum absolute atomic E-state index is 0.721. The lowest BCUT2D eigenvalue weighted by molar-refractivity contribution is 0.201. The van der Waals surface area contributed by atoms with E-state index in [4.69, 9.17) is 9.47 Å². The number of nitrogens with zero attached hydrogens (tertiary/aromatic N) is 1. The molecule has 4 heteroatoms. The Morgan fingerprint density at radius 1 is 1.25 bits per heavy atom. The number of anilines is 1. The Kier molecular flexibility index (Phi) is 4.95. The van der Waals surface area contributed by atoms with Gasteiger partial charge in [-0.1, -0.05) is 12.8 Å². The third kappa shape index (κ3) is 3.02. The van der Waals surface area contributed by atoms with E-state index in [1.54, 1.807) is 18.2 Å². The van der Waals surface area contributed by atoms with Gasteiger partial charge in [0.05, 0.1) is 18.8 Å². The molecule has 1 aromatic carbocycles. The molecule has 0 spiro atoms. The lowest BCUT2D eigenvalue weighted by Gasteiger charge is -2.36. The molecule has 0 saturated heterocycles. The number of hydrogen-bond acceptors (Lipinski definition) is 4. The monoisotopic (exact) mass is 330 g/mol. The van der Waals surface area contributed by atoms with Crippen LogP contribution in [0.3, 0.4) is 0 Å². The maximum atomic E-state index is 6.14. The largest absolute Gasteiger partial charge is 0.490 e. The van der Waals surface area contributed by atoms with Crippen molar-refractivity contribution in [1.82, 2.24) is 5.32 Å². The van der Waals surface area contributed by atoms with E-state index < -0.39 is 0 Å². The topological polar surface area (TPSA) is 33.7 Å². The molecule has 0 aromatic heterocycles. The molecule has 1 aromatic rings. The van der Waals surface area contributed by atoms with Gasteiger partial charge in [0.15, 0.2) is 0 Å². The van der Waals surface area contributed by atoms with Gasteiger partial charge in [-0.25, -0.2) is 0 Å². The maximum absolute atomic E-state index is 6.14. The molecule has 1 N–H and O–H groups in total. The van der Waals surface area contributed by atoms with Crippen LogP contribution in [0.2, 0.25) is 0 Å². The third-order valence-electron chi connectivity index (χ3n) is 5.89. The summed E-state index contributed by atoms with van der Waals surface area (Å²) in [4.78, 5) is 2.52. The third-order valence-corrected chi connectivity index (χ3v) is 5.89. The predicted molar refractivity (Wildman–Crippen MR) is 97.5 cm³/mol. The van der Waals surface area contributed by atoms with Crippen molar-refractivity contribution in [3.05, 3.63) is 22.8 Å². The van der Waals surface area contributed by atoms with Crippen LogP contribution >= 0.6 is 0 Å². The summed E-state index contributed by atoms with van der Waals surface area (Å²) in [5, 5.41) is 3.57. The maximum Gasteiger partial charge on any atom is 0.143 e. The van der Waals surface area contributed by atoms with Crippen LogP contribution in [0.4, 0.5) is 5.69 Å². The fourth-order valence-corrected chi connectivity index (χ4v) is 4.74. The van der Waals surface area contributed by atoms with Crippen molar-refractivity contribution >= 4 is 5.69 Å². The molecule has 0 bridgehead atoms. The molecule has 2 aliphatic heterocycles. The van der Waals surface area contributed by atoms with Gasteiger partial charge in [-0.2, -0.15) is 0 Å². The molecule has 0 atom stereocenters. The van der Waals surface area contributed by atoms with Gasteiger partial charge in [0.2, 0.25) is 0 Å². The average Bonchev–Trinajstić information content (AvgIpc) is 3.03. The normalized spacial score (nSPS) is 21.1. The summed E-state index contributed by atoms with van der Waals surface area (Å²) in [5.41, 5.74) is 6.16. The first-order valence-corrected chi connectivity index (χ1v) is 9.64. The second-order valence-electron chi connectivity index (χ2n) is 7.33. The fraction of sp³-hybridized carbons (Fsp3) is 0.700. The highest BCUT2D eigenvalue weighted by Crippen LogP contribution is 2.47. The van der Waals surface area contributed by atoms with Crippen LogP contribution in [0.25, 0.3) is 0 Å². The van der Waals surface area contributed by atoms with Crippen LogP contribution in [-0.4, -0.2) is 46.5 Å². The van der Waals surface area contributed by atoms with E-state index in [-0.39, 0.29) is 0 Å². The van der Waals surface area contributed by atoms with Gasteiger partial charge in [-0.05, 0) is 67.4 Å². The van der Waals surface area contributed by atoms with Crippen molar-refractivity contribution in [2.75, 3.05) is 51.4 Å². The number of hydrogen-bond donors (Lipinski definition) is 1. The van der Waals surface area contributed by atoms with Crippen molar-refractivity contribution in [3.8, 4) is 5.75 Å². The van der Waals surface area contributed by atoms with Crippen molar-refractivity contribution < 1.29 is 9.47 Å². The molecular formula is C20H30N2O2. The summed E-state index contributed by atoms with van der Waals surface area (Å²) in [6.07, 6.45) is 7.72. The first-order chi connectivity index (χ1) is 11.9. The zero-order valence-corrected chi connectivity index (χ0v) is 14.9. The van der Waals surface area contributed by atoms with E-state index in [2.05, 4.69) is 16.3 Å². The molecule has 132 valence electrons. The predicted octanol–water partition coefficient (Wildman–Crippen LogP) is 2.88. The zero-order valence-electron chi connectivity index (χ0n) is 14.9. The molecular weight excluding hydrogens is 300 g/mol. The molecule has 0 unspecified atom stereocenters. The lowest BCUT2D eigenvalue weighted by Crippen LogP contribution is -2.36. The van der Waals surface area contributed by atoms with Crippen molar-refractivity contribution in [3.63, 3.8) is 0 Å². The molecule has 3 aliphatic rings. The van der Waals surface area contributed by atoms with Crippen LogP contribution in [-0.2, 0) is 17.6 Å². The summed E-state index contributed by atoms with van der Waals surface area (Å²) >= 11 is 0. The highest BCUT2D eigenvalue weighted by Gasteiger charge is 2.31. The number of methoxy groups -OCH3 is 1. The summed E-state index contributed by atoms with van der Waals surface area (Å²) in [5.74, 6) is 1.85. The van der Waals surface area contributed by atoms with E-state index in [0.29, 0.717) is 0 Å². The Bertz CT molecular complexity index is 581. The van der Waals surface area contributed by atoms with Crippen LogP contribution in [0.15, 0.2) is 6.07 Å². The second-order valence-corrected chi connectivity index (χ2v) is 7.33. The van der Waals surface area contributed by atoms with Crippen molar-refractivity contribution in [1.29, 1.82) is 0 Å². The first kappa shape index (κ1) is 16.2. The van der Waals surface area contributed by atoms with Gasteiger partial charge in [0.1, 0.15) is 12.4 Å². The molecule has 1 saturated carbocycles. The summed E-state index contributed by atoms with van der Waals surface area (Å²) in [6.45, 7) is 5.70. The number of benzene rings is 1. The number of rotatable bonds is 4. The molecule has 0 amide bonds. The van der Waals surface area contributed by atoms with Crippen LogP contribution < -0.4 is 15.0 Å². The standard InChI is InChI=1S/C20H30N2O2/c1-23-12-10-22-11-13-24-18-14-16-6-8-21-9-7-17(16)19(20(18)22)15-4-2-3-5-15/h14-15,21H,2-13H2,1H3. The summed E-state index contributed by atoms with van der Waals surface area (Å²) in [6, 6.07) is 2.34. The summed E-state index contributed by atoms with van der Waals surface area (Å²) in [7, 11) is 1.79. The van der Waals surface area contributed by atoms with E-state index in [1.807, 2.05) is 0 Å². The Hall–Kier alpha value is -1.26. The SMILES string of the molecule is COCCN1CCOc2cc3c(c(C4CCCC4)c21)CCNCC3. The zero-order chi connectivity index (χ0) is 16.4. The molecule has 4 rings (SSSR count). The lowest BCUT2D eigenvalue weighted by atomic mass is 9.85. The van der Waals surface area contributed by atoms with Gasteiger partial charge in [-0.3, -0.25) is 0 Å². The number of fused-ring (bicyclic) bond motifs is 2. The average molecular weight is 330 g/mol. The quantitative estimate of drug-likeness (QED) is 0.920. The van der Waals surface area contributed by atoms with Gasteiger partial charge in [-0.15, -0.1) is 0 Å². The first-order valence-electron chi connectivity index (χ1n) is 9.64. The van der Waals surface area contributed by atoms with Crippen molar-refractivity contribution in [2.45, 2.75) is 44.4 Å². The fourth-order valence-electron chi connectivity index (χ4n) is 4.74. The minimum atomic E-state index is 0.721. The van der Waals surface area contributed by atoms with Crippen LogP contribution in [0, 0.1) is 0 Å². The van der Waals surface area contributed by atoms with Crippen molar-refractivity contribution in [2.24, 2.45) is 0 Å². The van der Waals surface area contributed by atoms with E-state index in [1.165, 1.54) is 36.9 Å². The van der Waals surface area contributed by atoms with Crippen LogP contribution in [0.5, 0.6) is 5.75 Å². The van der Waals surface area contributed by atoms with Gasteiger partial charge in [0, 0.05) is 13.7 Å². The summed E-state index contributed by atoms with van der Waals surface area (Å²) < 4.78 is 11.5.